The fraction of sp³-hybridized carbons (Fsp3) is 0.214. The molecule has 4 rings (SSSR count). The highest BCUT2D eigenvalue weighted by atomic mass is 19.4. The number of nitrogens with zero attached hydrogens (tertiary/aromatic N) is 4. The molecule has 0 N–H and O–H groups in total. The lowest BCUT2D eigenvalue weighted by Crippen LogP contribution is -2.50. The first kappa shape index (κ1) is 26.4. The molecule has 1 aliphatic heterocycles. The highest BCUT2D eigenvalue weighted by Gasteiger charge is 2.43. The molecule has 2 aromatic carbocycles. The zero-order valence-corrected chi connectivity index (χ0v) is 20.6. The van der Waals surface area contributed by atoms with Crippen LogP contribution in [0.3, 0.4) is 0 Å². The van der Waals surface area contributed by atoms with Crippen LogP contribution in [0.15, 0.2) is 84.2 Å². The van der Waals surface area contributed by atoms with E-state index in [9.17, 15) is 28.0 Å². The van der Waals surface area contributed by atoms with Gasteiger partial charge in [0.25, 0.3) is 0 Å². The van der Waals surface area contributed by atoms with E-state index in [1.807, 2.05) is 6.07 Å². The molecule has 2 heterocycles. The molecule has 1 aliphatic rings. The van der Waals surface area contributed by atoms with E-state index >= 15 is 0 Å². The molecular weight excluding hydrogens is 497 g/mol. The van der Waals surface area contributed by atoms with Gasteiger partial charge in [0.15, 0.2) is 0 Å². The van der Waals surface area contributed by atoms with E-state index in [1.54, 1.807) is 55.6 Å². The van der Waals surface area contributed by atoms with Crippen LogP contribution in [0.2, 0.25) is 0 Å². The zero-order valence-electron chi connectivity index (χ0n) is 20.6. The van der Waals surface area contributed by atoms with Crippen molar-refractivity contribution in [1.29, 1.82) is 5.26 Å². The van der Waals surface area contributed by atoms with Crippen LogP contribution in [0.25, 0.3) is 0 Å². The van der Waals surface area contributed by atoms with Crippen molar-refractivity contribution in [2.75, 3.05) is 11.5 Å². The van der Waals surface area contributed by atoms with Gasteiger partial charge in [0.1, 0.15) is 0 Å². The molecule has 0 saturated carbocycles. The predicted molar refractivity (Wildman–Crippen MR) is 132 cm³/mol. The van der Waals surface area contributed by atoms with Crippen LogP contribution in [0, 0.1) is 11.3 Å². The minimum atomic E-state index is -4.63. The SMILES string of the molecule is CCOC(=O)C1=C(C)N(c2cccc(C(F)(F)F)c2)C(=O)N(Cc2ccccn2)C1c1ccc(C#N)cc1. The van der Waals surface area contributed by atoms with Crippen LogP contribution in [0.5, 0.6) is 0 Å². The average Bonchev–Trinajstić information content (AvgIpc) is 2.90. The van der Waals surface area contributed by atoms with Crippen LogP contribution in [0.1, 0.15) is 42.3 Å². The highest BCUT2D eigenvalue weighted by molar-refractivity contribution is 6.03. The van der Waals surface area contributed by atoms with Crippen molar-refractivity contribution in [3.63, 3.8) is 0 Å². The number of hydrogen-bond acceptors (Lipinski definition) is 5. The molecule has 1 unspecified atom stereocenters. The molecule has 0 spiro atoms. The molecule has 2 amide bonds. The van der Waals surface area contributed by atoms with Gasteiger partial charge in [-0.25, -0.2) is 9.59 Å². The van der Waals surface area contributed by atoms with Gasteiger partial charge in [-0.15, -0.1) is 0 Å². The van der Waals surface area contributed by atoms with E-state index in [1.165, 1.54) is 24.0 Å². The summed E-state index contributed by atoms with van der Waals surface area (Å²) in [6.07, 6.45) is -3.08. The van der Waals surface area contributed by atoms with E-state index in [0.717, 1.165) is 17.0 Å². The number of allylic oxidation sites excluding steroid dienone is 1. The maximum absolute atomic E-state index is 14.0. The topological polar surface area (TPSA) is 86.5 Å². The maximum atomic E-state index is 14.0. The second kappa shape index (κ2) is 10.8. The Hall–Kier alpha value is -4.65. The fourth-order valence-corrected chi connectivity index (χ4v) is 4.36. The fourth-order valence-electron chi connectivity index (χ4n) is 4.36. The molecule has 194 valence electrons. The molecule has 0 fully saturated rings. The Bertz CT molecular complexity index is 1410. The number of carbonyl (C=O) groups is 2. The zero-order chi connectivity index (χ0) is 27.4. The number of ether oxygens (including phenoxy) is 1. The molecule has 0 radical (unpaired) electrons. The molecule has 7 nitrogen and oxygen atoms in total. The summed E-state index contributed by atoms with van der Waals surface area (Å²) in [7, 11) is 0. The number of pyridine rings is 1. The van der Waals surface area contributed by atoms with E-state index < -0.39 is 29.8 Å². The quantitative estimate of drug-likeness (QED) is 0.373. The Kier molecular flexibility index (Phi) is 7.48. The number of urea groups is 1. The minimum absolute atomic E-state index is 0.0456. The monoisotopic (exact) mass is 520 g/mol. The van der Waals surface area contributed by atoms with Crippen LogP contribution >= 0.6 is 0 Å². The summed E-state index contributed by atoms with van der Waals surface area (Å²) in [5.74, 6) is -0.713. The summed E-state index contributed by atoms with van der Waals surface area (Å²) in [6.45, 7) is 3.14. The first-order valence-corrected chi connectivity index (χ1v) is 11.7. The minimum Gasteiger partial charge on any atom is -0.463 e. The van der Waals surface area contributed by atoms with Crippen LogP contribution in [0.4, 0.5) is 23.7 Å². The third-order valence-corrected chi connectivity index (χ3v) is 6.09. The van der Waals surface area contributed by atoms with Crippen molar-refractivity contribution in [3.05, 3.63) is 107 Å². The lowest BCUT2D eigenvalue weighted by Gasteiger charge is -2.42. The number of esters is 1. The Balaban J connectivity index is 1.95. The second-order valence-corrected chi connectivity index (χ2v) is 8.47. The molecule has 3 aromatic rings. The number of alkyl halides is 3. The Labute approximate surface area is 217 Å². The van der Waals surface area contributed by atoms with Crippen molar-refractivity contribution in [1.82, 2.24) is 9.88 Å². The lowest BCUT2D eigenvalue weighted by atomic mass is 9.92. The van der Waals surface area contributed by atoms with Crippen molar-refractivity contribution in [2.24, 2.45) is 0 Å². The van der Waals surface area contributed by atoms with Crippen molar-refractivity contribution < 1.29 is 27.5 Å². The highest BCUT2D eigenvalue weighted by Crippen LogP contribution is 2.41. The number of rotatable bonds is 6. The number of benzene rings is 2. The van der Waals surface area contributed by atoms with Crippen molar-refractivity contribution in [3.8, 4) is 6.07 Å². The van der Waals surface area contributed by atoms with Gasteiger partial charge in [-0.3, -0.25) is 9.88 Å². The summed E-state index contributed by atoms with van der Waals surface area (Å²) in [6, 6.07) is 16.4. The van der Waals surface area contributed by atoms with Gasteiger partial charge >= 0.3 is 18.2 Å². The number of nitriles is 1. The van der Waals surface area contributed by atoms with Gasteiger partial charge in [0, 0.05) is 11.9 Å². The van der Waals surface area contributed by atoms with Crippen molar-refractivity contribution >= 4 is 17.7 Å². The molecule has 10 heteroatoms. The van der Waals surface area contributed by atoms with Gasteiger partial charge in [0.2, 0.25) is 0 Å². The Morgan fingerprint density at radius 3 is 2.45 bits per heavy atom. The summed E-state index contributed by atoms with van der Waals surface area (Å²) < 4.78 is 45.9. The number of hydrogen-bond donors (Lipinski definition) is 0. The number of halogens is 3. The second-order valence-electron chi connectivity index (χ2n) is 8.47. The smallest absolute Gasteiger partial charge is 0.416 e. The van der Waals surface area contributed by atoms with Gasteiger partial charge in [0.05, 0.1) is 53.3 Å². The molecule has 0 bridgehead atoms. The van der Waals surface area contributed by atoms with E-state index in [4.69, 9.17) is 4.74 Å². The van der Waals surface area contributed by atoms with E-state index in [-0.39, 0.29) is 30.1 Å². The normalized spacial score (nSPS) is 15.9. The predicted octanol–water partition coefficient (Wildman–Crippen LogP) is 5.99. The maximum Gasteiger partial charge on any atom is 0.416 e. The first-order chi connectivity index (χ1) is 18.2. The van der Waals surface area contributed by atoms with Crippen LogP contribution in [-0.2, 0) is 22.3 Å². The summed E-state index contributed by atoms with van der Waals surface area (Å²) in [5.41, 5.74) is 0.665. The molecule has 38 heavy (non-hydrogen) atoms. The molecule has 0 saturated heterocycles. The Morgan fingerprint density at radius 2 is 1.84 bits per heavy atom. The van der Waals surface area contributed by atoms with E-state index in [0.29, 0.717) is 16.8 Å². The molecule has 1 aromatic heterocycles. The number of anilines is 1. The first-order valence-electron chi connectivity index (χ1n) is 11.7. The van der Waals surface area contributed by atoms with E-state index in [2.05, 4.69) is 4.98 Å². The number of amides is 2. The Morgan fingerprint density at radius 1 is 1.11 bits per heavy atom. The standard InChI is InChI=1S/C28H23F3N4O3/c1-3-38-26(36)24-18(2)35(23-9-6-7-21(15-23)28(29,30)31)27(37)34(17-22-8-4-5-14-33-22)25(24)20-12-10-19(16-32)11-13-20/h4-15,25H,3,17H2,1-2H3. The number of aromatic nitrogens is 1. The lowest BCUT2D eigenvalue weighted by molar-refractivity contribution is -0.139. The third kappa shape index (κ3) is 5.22. The van der Waals surface area contributed by atoms with Gasteiger partial charge in [-0.05, 0) is 61.9 Å². The summed E-state index contributed by atoms with van der Waals surface area (Å²) in [5, 5.41) is 9.23. The van der Waals surface area contributed by atoms with Crippen molar-refractivity contribution in [2.45, 2.75) is 32.6 Å². The van der Waals surface area contributed by atoms with Crippen LogP contribution in [-0.4, -0.2) is 28.5 Å². The molecular formula is C28H23F3N4O3. The molecule has 0 aliphatic carbocycles. The molecule has 1 atom stereocenters. The summed E-state index contributed by atoms with van der Waals surface area (Å²) >= 11 is 0. The van der Waals surface area contributed by atoms with Gasteiger partial charge in [-0.1, -0.05) is 24.3 Å². The summed E-state index contributed by atoms with van der Waals surface area (Å²) in [4.78, 5) is 34.1. The van der Waals surface area contributed by atoms with Crippen LogP contribution < -0.4 is 4.90 Å². The number of carbonyl (C=O) groups excluding carboxylic acids is 2. The van der Waals surface area contributed by atoms with Gasteiger partial charge < -0.3 is 9.64 Å². The third-order valence-electron chi connectivity index (χ3n) is 6.09. The van der Waals surface area contributed by atoms with Gasteiger partial charge in [-0.2, -0.15) is 18.4 Å². The largest absolute Gasteiger partial charge is 0.463 e. The average molecular weight is 521 g/mol.